The highest BCUT2D eigenvalue weighted by Crippen LogP contribution is 2.42. The summed E-state index contributed by atoms with van der Waals surface area (Å²) in [6.07, 6.45) is -2.60. The molecule has 1 aromatic heterocycles. The smallest absolute Gasteiger partial charge is 0.418 e. The number of Topliss-reactive ketones (excluding diaryl/α,β-unsaturated/α-hetero) is 1. The van der Waals surface area contributed by atoms with E-state index >= 15 is 0 Å². The van der Waals surface area contributed by atoms with Crippen molar-refractivity contribution in [2.75, 3.05) is 48.4 Å². The molecule has 0 saturated carbocycles. The van der Waals surface area contributed by atoms with Crippen molar-refractivity contribution in [1.82, 2.24) is 5.16 Å². The van der Waals surface area contributed by atoms with E-state index in [9.17, 15) is 27.6 Å². The third kappa shape index (κ3) is 9.80. The summed E-state index contributed by atoms with van der Waals surface area (Å²) >= 11 is 0. The van der Waals surface area contributed by atoms with Crippen LogP contribution in [0.3, 0.4) is 0 Å². The van der Waals surface area contributed by atoms with Crippen LogP contribution in [0.1, 0.15) is 68.1 Å². The Hall–Kier alpha value is -4.47. The molecule has 1 unspecified atom stereocenters. The highest BCUT2D eigenvalue weighted by atomic mass is 19.4. The standard InChI is InChI=1S/C34H39F3N4O8/c1-33(2,3)49-32(44)39-26-17-28(41-10-13-45-14-11-41)24(34(35,36)37)16-25(26)38-30(43)18-29(42)22-8-6-7-21(15-22)23-19-48-40-27(23)20-47-31-9-4-5-12-46-31/h6-8,15-17,19,31H,4-5,9-14,18,20H2,1-3H3,(H,38,43)(H,39,44). The molecule has 2 aliphatic heterocycles. The third-order valence-electron chi connectivity index (χ3n) is 7.71. The molecule has 49 heavy (non-hydrogen) atoms. The molecule has 2 N–H and O–H groups in total. The largest absolute Gasteiger partial charge is 0.444 e. The Kier molecular flexibility index (Phi) is 11.3. The van der Waals surface area contributed by atoms with Crippen LogP contribution >= 0.6 is 0 Å². The van der Waals surface area contributed by atoms with E-state index in [4.69, 9.17) is 23.5 Å². The van der Waals surface area contributed by atoms with Gasteiger partial charge in [-0.3, -0.25) is 14.9 Å². The van der Waals surface area contributed by atoms with E-state index < -0.39 is 41.5 Å². The number of hydrogen-bond acceptors (Lipinski definition) is 10. The molecule has 5 rings (SSSR count). The van der Waals surface area contributed by atoms with Gasteiger partial charge in [0.15, 0.2) is 12.1 Å². The van der Waals surface area contributed by atoms with Gasteiger partial charge in [-0.25, -0.2) is 4.79 Å². The van der Waals surface area contributed by atoms with Gasteiger partial charge in [-0.1, -0.05) is 23.4 Å². The number of ketones is 1. The van der Waals surface area contributed by atoms with Gasteiger partial charge >= 0.3 is 12.3 Å². The number of rotatable bonds is 10. The number of carbonyl (C=O) groups excluding carboxylic acids is 3. The fraction of sp³-hybridized carbons (Fsp3) is 0.471. The zero-order valence-corrected chi connectivity index (χ0v) is 27.5. The van der Waals surface area contributed by atoms with Crippen LogP contribution in [0.25, 0.3) is 11.1 Å². The number of ether oxygens (including phenoxy) is 4. The summed E-state index contributed by atoms with van der Waals surface area (Å²) in [5, 5.41) is 8.87. The molecule has 2 saturated heterocycles. The molecule has 12 nitrogen and oxygen atoms in total. The summed E-state index contributed by atoms with van der Waals surface area (Å²) in [6, 6.07) is 8.34. The Morgan fingerprint density at radius 2 is 1.76 bits per heavy atom. The average molecular weight is 689 g/mol. The lowest BCUT2D eigenvalue weighted by Crippen LogP contribution is -2.37. The first-order valence-electron chi connectivity index (χ1n) is 15.9. The van der Waals surface area contributed by atoms with E-state index in [1.807, 2.05) is 0 Å². The van der Waals surface area contributed by atoms with Crippen molar-refractivity contribution in [3.8, 4) is 11.1 Å². The first-order valence-corrected chi connectivity index (χ1v) is 15.9. The fourth-order valence-corrected chi connectivity index (χ4v) is 5.42. The normalized spacial score (nSPS) is 17.0. The lowest BCUT2D eigenvalue weighted by atomic mass is 10.0. The zero-order valence-electron chi connectivity index (χ0n) is 27.5. The van der Waals surface area contributed by atoms with Crippen molar-refractivity contribution in [3.05, 3.63) is 59.5 Å². The van der Waals surface area contributed by atoms with Crippen molar-refractivity contribution in [1.29, 1.82) is 0 Å². The van der Waals surface area contributed by atoms with Crippen LogP contribution < -0.4 is 15.5 Å². The molecule has 2 amide bonds. The van der Waals surface area contributed by atoms with E-state index in [0.29, 0.717) is 23.4 Å². The van der Waals surface area contributed by atoms with Gasteiger partial charge in [-0.2, -0.15) is 13.2 Å². The van der Waals surface area contributed by atoms with Gasteiger partial charge in [0.25, 0.3) is 0 Å². The SMILES string of the molecule is CC(C)(C)OC(=O)Nc1cc(N2CCOCC2)c(C(F)(F)F)cc1NC(=O)CC(=O)c1cccc(-c2conc2COC2CCCCO2)c1. The van der Waals surface area contributed by atoms with Crippen LogP contribution in [0, 0.1) is 0 Å². The predicted octanol–water partition coefficient (Wildman–Crippen LogP) is 6.80. The van der Waals surface area contributed by atoms with Gasteiger partial charge in [-0.05, 0) is 63.8 Å². The Morgan fingerprint density at radius 1 is 1.00 bits per heavy atom. The van der Waals surface area contributed by atoms with Crippen molar-refractivity contribution in [2.45, 2.75) is 71.1 Å². The molecule has 3 aromatic rings. The van der Waals surface area contributed by atoms with Crippen LogP contribution in [0.4, 0.5) is 35.0 Å². The quantitative estimate of drug-likeness (QED) is 0.173. The monoisotopic (exact) mass is 688 g/mol. The first kappa shape index (κ1) is 35.8. The predicted molar refractivity (Wildman–Crippen MR) is 172 cm³/mol. The minimum absolute atomic E-state index is 0.126. The Labute approximate surface area is 281 Å². The summed E-state index contributed by atoms with van der Waals surface area (Å²) in [7, 11) is 0. The maximum atomic E-state index is 14.3. The molecule has 0 aliphatic carbocycles. The average Bonchev–Trinajstić information content (AvgIpc) is 3.53. The topological polar surface area (TPSA) is 141 Å². The van der Waals surface area contributed by atoms with Gasteiger partial charge in [0, 0.05) is 30.8 Å². The maximum Gasteiger partial charge on any atom is 0.418 e. The number of carbonyl (C=O) groups is 3. The molecule has 264 valence electrons. The zero-order chi connectivity index (χ0) is 35.2. The van der Waals surface area contributed by atoms with Gasteiger partial charge in [0.1, 0.15) is 17.6 Å². The van der Waals surface area contributed by atoms with Crippen LogP contribution in [0.15, 0.2) is 47.2 Å². The molecule has 0 bridgehead atoms. The Bertz CT molecular complexity index is 1640. The van der Waals surface area contributed by atoms with E-state index in [1.54, 1.807) is 39.0 Å². The van der Waals surface area contributed by atoms with Crippen molar-refractivity contribution < 1.29 is 51.0 Å². The molecule has 1 atom stereocenters. The minimum atomic E-state index is -4.80. The van der Waals surface area contributed by atoms with Crippen LogP contribution in [-0.2, 0) is 36.5 Å². The molecule has 2 aromatic carbocycles. The molecule has 0 spiro atoms. The fourth-order valence-electron chi connectivity index (χ4n) is 5.42. The van der Waals surface area contributed by atoms with Crippen LogP contribution in [0.5, 0.6) is 0 Å². The molecular formula is C34H39F3N4O8. The number of nitrogens with zero attached hydrogens (tertiary/aromatic N) is 2. The number of benzene rings is 2. The van der Waals surface area contributed by atoms with Crippen molar-refractivity contribution in [2.24, 2.45) is 0 Å². The van der Waals surface area contributed by atoms with Crippen LogP contribution in [-0.4, -0.2) is 67.7 Å². The minimum Gasteiger partial charge on any atom is -0.444 e. The first-order chi connectivity index (χ1) is 23.3. The molecule has 2 fully saturated rings. The molecule has 3 heterocycles. The van der Waals surface area contributed by atoms with E-state index in [-0.39, 0.29) is 61.8 Å². The second kappa shape index (κ2) is 15.4. The van der Waals surface area contributed by atoms with E-state index in [0.717, 1.165) is 31.4 Å². The second-order valence-electron chi connectivity index (χ2n) is 12.6. The summed E-state index contributed by atoms with van der Waals surface area (Å²) in [5.74, 6) is -1.48. The number of morpholine rings is 1. The Balaban J connectivity index is 1.34. The highest BCUT2D eigenvalue weighted by Gasteiger charge is 2.37. The highest BCUT2D eigenvalue weighted by molar-refractivity contribution is 6.12. The number of halogens is 3. The molecule has 2 aliphatic rings. The van der Waals surface area contributed by atoms with Crippen molar-refractivity contribution in [3.63, 3.8) is 0 Å². The summed E-state index contributed by atoms with van der Waals surface area (Å²) < 4.78 is 70.2. The molecular weight excluding hydrogens is 649 g/mol. The van der Waals surface area contributed by atoms with Crippen LogP contribution in [0.2, 0.25) is 0 Å². The van der Waals surface area contributed by atoms with E-state index in [1.165, 1.54) is 17.2 Å². The van der Waals surface area contributed by atoms with Gasteiger partial charge in [0.2, 0.25) is 5.91 Å². The lowest BCUT2D eigenvalue weighted by molar-refractivity contribution is -0.169. The van der Waals surface area contributed by atoms with Gasteiger partial charge < -0.3 is 33.7 Å². The summed E-state index contributed by atoms with van der Waals surface area (Å²) in [6.45, 7) is 6.45. The number of nitrogens with one attached hydrogen (secondary N) is 2. The second-order valence-corrected chi connectivity index (χ2v) is 12.6. The summed E-state index contributed by atoms with van der Waals surface area (Å²) in [4.78, 5) is 40.6. The molecule has 0 radical (unpaired) electrons. The number of amides is 2. The van der Waals surface area contributed by atoms with E-state index in [2.05, 4.69) is 15.8 Å². The van der Waals surface area contributed by atoms with Gasteiger partial charge in [-0.15, -0.1) is 0 Å². The number of hydrogen-bond donors (Lipinski definition) is 2. The maximum absolute atomic E-state index is 14.3. The summed E-state index contributed by atoms with van der Waals surface area (Å²) in [5.41, 5.74) is -0.743. The number of aromatic nitrogens is 1. The van der Waals surface area contributed by atoms with Crippen molar-refractivity contribution >= 4 is 34.8 Å². The number of alkyl halides is 3. The Morgan fingerprint density at radius 3 is 2.45 bits per heavy atom. The number of anilines is 3. The lowest BCUT2D eigenvalue weighted by Gasteiger charge is -2.32. The molecule has 15 heteroatoms. The van der Waals surface area contributed by atoms with Gasteiger partial charge in [0.05, 0.1) is 48.9 Å². The third-order valence-corrected chi connectivity index (χ3v) is 7.71.